The first-order chi connectivity index (χ1) is 5.16. The number of halogens is 3. The molecule has 0 saturated carbocycles. The Balaban J connectivity index is 3.25. The first-order valence-electron chi connectivity index (χ1n) is 2.84. The van der Waals surface area contributed by atoms with Gasteiger partial charge < -0.3 is 4.74 Å². The lowest BCUT2D eigenvalue weighted by molar-refractivity contribution is 0.360. The second-order valence-corrected chi connectivity index (χ2v) is 1.88. The topological polar surface area (TPSA) is 9.23 Å². The summed E-state index contributed by atoms with van der Waals surface area (Å²) in [4.78, 5) is 0. The van der Waals surface area contributed by atoms with Crippen LogP contribution in [0.15, 0.2) is 12.1 Å². The van der Waals surface area contributed by atoms with E-state index in [-0.39, 0.29) is 5.75 Å². The van der Waals surface area contributed by atoms with Gasteiger partial charge >= 0.3 is 0 Å². The maximum Gasteiger partial charge on any atom is 0.203 e. The first kappa shape index (κ1) is 7.91. The van der Waals surface area contributed by atoms with Crippen molar-refractivity contribution < 1.29 is 17.9 Å². The van der Waals surface area contributed by atoms with Crippen molar-refractivity contribution in [2.75, 3.05) is 7.11 Å². The molecule has 1 aromatic rings. The third-order valence-electron chi connectivity index (χ3n) is 1.22. The fourth-order valence-corrected chi connectivity index (χ4v) is 0.666. The summed E-state index contributed by atoms with van der Waals surface area (Å²) in [6.07, 6.45) is 0. The Morgan fingerprint density at radius 3 is 2.27 bits per heavy atom. The third-order valence-corrected chi connectivity index (χ3v) is 1.22. The molecule has 0 fully saturated rings. The molecule has 0 aliphatic heterocycles. The average Bonchev–Trinajstić information content (AvgIpc) is 2.01. The van der Waals surface area contributed by atoms with Gasteiger partial charge in [-0.1, -0.05) is 0 Å². The van der Waals surface area contributed by atoms with Gasteiger partial charge in [-0.3, -0.25) is 0 Å². The zero-order valence-electron chi connectivity index (χ0n) is 5.70. The van der Waals surface area contributed by atoms with E-state index >= 15 is 0 Å². The highest BCUT2D eigenvalue weighted by Gasteiger charge is 2.12. The number of benzene rings is 1. The standard InChI is InChI=1S/C7H5F3O/c1-11-5-3-2-4(8)6(9)7(5)10/h2-3H,1H3. The van der Waals surface area contributed by atoms with E-state index in [1.165, 1.54) is 7.11 Å². The van der Waals surface area contributed by atoms with Crippen LogP contribution in [0.2, 0.25) is 0 Å². The highest BCUT2D eigenvalue weighted by Crippen LogP contribution is 2.20. The lowest BCUT2D eigenvalue weighted by Gasteiger charge is -2.01. The molecule has 0 aromatic heterocycles. The Labute approximate surface area is 61.4 Å². The molecule has 0 amide bonds. The number of hydrogen-bond donors (Lipinski definition) is 0. The van der Waals surface area contributed by atoms with Crippen LogP contribution in [-0.4, -0.2) is 7.11 Å². The summed E-state index contributed by atoms with van der Waals surface area (Å²) in [6.45, 7) is 0. The molecule has 0 unspecified atom stereocenters. The third kappa shape index (κ3) is 1.29. The normalized spacial score (nSPS) is 9.82. The van der Waals surface area contributed by atoms with Gasteiger partial charge in [-0.2, -0.15) is 4.39 Å². The fourth-order valence-electron chi connectivity index (χ4n) is 0.666. The predicted molar refractivity (Wildman–Crippen MR) is 32.9 cm³/mol. The van der Waals surface area contributed by atoms with Gasteiger partial charge in [-0.05, 0) is 12.1 Å². The van der Waals surface area contributed by atoms with Gasteiger partial charge in [-0.25, -0.2) is 8.78 Å². The molecule has 1 aromatic carbocycles. The van der Waals surface area contributed by atoms with Crippen LogP contribution in [0.3, 0.4) is 0 Å². The molecule has 0 bridgehead atoms. The van der Waals surface area contributed by atoms with Crippen molar-refractivity contribution in [3.63, 3.8) is 0 Å². The van der Waals surface area contributed by atoms with Gasteiger partial charge in [0.1, 0.15) is 0 Å². The van der Waals surface area contributed by atoms with Gasteiger partial charge in [0.15, 0.2) is 17.4 Å². The van der Waals surface area contributed by atoms with Gasteiger partial charge in [-0.15, -0.1) is 0 Å². The summed E-state index contributed by atoms with van der Waals surface area (Å²) in [5, 5.41) is 0. The zero-order valence-corrected chi connectivity index (χ0v) is 5.70. The van der Waals surface area contributed by atoms with Crippen LogP contribution in [0.5, 0.6) is 5.75 Å². The van der Waals surface area contributed by atoms with E-state index in [0.29, 0.717) is 0 Å². The molecule has 0 radical (unpaired) electrons. The molecule has 0 N–H and O–H groups in total. The van der Waals surface area contributed by atoms with Crippen LogP contribution >= 0.6 is 0 Å². The Hall–Kier alpha value is -1.19. The summed E-state index contributed by atoms with van der Waals surface area (Å²) in [5.41, 5.74) is 0. The van der Waals surface area contributed by atoms with Crippen molar-refractivity contribution in [3.8, 4) is 5.75 Å². The average molecular weight is 162 g/mol. The lowest BCUT2D eigenvalue weighted by Crippen LogP contribution is -1.94. The van der Waals surface area contributed by atoms with Gasteiger partial charge in [0.05, 0.1) is 7.11 Å². The van der Waals surface area contributed by atoms with E-state index in [1.54, 1.807) is 0 Å². The van der Waals surface area contributed by atoms with Gasteiger partial charge in [0.25, 0.3) is 0 Å². The minimum absolute atomic E-state index is 0.302. The minimum Gasteiger partial charge on any atom is -0.494 e. The molecule has 1 rings (SSSR count). The Kier molecular flexibility index (Phi) is 2.03. The van der Waals surface area contributed by atoms with Crippen LogP contribution in [0.25, 0.3) is 0 Å². The number of rotatable bonds is 1. The summed E-state index contributed by atoms with van der Waals surface area (Å²) in [5.74, 6) is -4.33. The van der Waals surface area contributed by atoms with E-state index in [9.17, 15) is 13.2 Å². The van der Waals surface area contributed by atoms with Crippen molar-refractivity contribution >= 4 is 0 Å². The summed E-state index contributed by atoms with van der Waals surface area (Å²) in [7, 11) is 1.18. The molecular weight excluding hydrogens is 157 g/mol. The first-order valence-corrected chi connectivity index (χ1v) is 2.84. The molecule has 0 aliphatic carbocycles. The van der Waals surface area contributed by atoms with E-state index in [1.807, 2.05) is 0 Å². The molecule has 0 spiro atoms. The zero-order chi connectivity index (χ0) is 8.43. The summed E-state index contributed by atoms with van der Waals surface area (Å²) < 4.78 is 41.5. The molecule has 0 atom stereocenters. The maximum absolute atomic E-state index is 12.5. The van der Waals surface area contributed by atoms with Crippen LogP contribution in [0.4, 0.5) is 13.2 Å². The largest absolute Gasteiger partial charge is 0.494 e. The highest BCUT2D eigenvalue weighted by molar-refractivity contribution is 5.25. The molecule has 0 aliphatic rings. The minimum atomic E-state index is -1.51. The number of methoxy groups -OCH3 is 1. The van der Waals surface area contributed by atoms with E-state index in [2.05, 4.69) is 4.74 Å². The van der Waals surface area contributed by atoms with Crippen molar-refractivity contribution in [2.45, 2.75) is 0 Å². The van der Waals surface area contributed by atoms with E-state index < -0.39 is 17.5 Å². The smallest absolute Gasteiger partial charge is 0.203 e. The van der Waals surface area contributed by atoms with Crippen molar-refractivity contribution in [3.05, 3.63) is 29.6 Å². The summed E-state index contributed by atoms with van der Waals surface area (Å²) in [6, 6.07) is 1.82. The number of ether oxygens (including phenoxy) is 1. The maximum atomic E-state index is 12.5. The molecule has 11 heavy (non-hydrogen) atoms. The molecule has 0 heterocycles. The predicted octanol–water partition coefficient (Wildman–Crippen LogP) is 2.11. The Morgan fingerprint density at radius 2 is 1.73 bits per heavy atom. The fraction of sp³-hybridized carbons (Fsp3) is 0.143. The molecule has 4 heteroatoms. The van der Waals surface area contributed by atoms with E-state index in [0.717, 1.165) is 12.1 Å². The molecule has 1 nitrogen and oxygen atoms in total. The van der Waals surface area contributed by atoms with Crippen LogP contribution in [-0.2, 0) is 0 Å². The van der Waals surface area contributed by atoms with E-state index in [4.69, 9.17) is 0 Å². The molecule has 0 saturated heterocycles. The molecular formula is C7H5F3O. The highest BCUT2D eigenvalue weighted by atomic mass is 19.2. The van der Waals surface area contributed by atoms with Crippen molar-refractivity contribution in [1.29, 1.82) is 0 Å². The SMILES string of the molecule is COc1ccc(F)c(F)c1F. The Bertz CT molecular complexity index is 273. The van der Waals surface area contributed by atoms with Crippen LogP contribution < -0.4 is 4.74 Å². The van der Waals surface area contributed by atoms with Crippen LogP contribution in [0.1, 0.15) is 0 Å². The van der Waals surface area contributed by atoms with Gasteiger partial charge in [0, 0.05) is 0 Å². The second-order valence-electron chi connectivity index (χ2n) is 1.88. The lowest BCUT2D eigenvalue weighted by atomic mass is 10.3. The molecule has 60 valence electrons. The van der Waals surface area contributed by atoms with Gasteiger partial charge in [0.2, 0.25) is 5.82 Å². The van der Waals surface area contributed by atoms with Crippen molar-refractivity contribution in [2.24, 2.45) is 0 Å². The van der Waals surface area contributed by atoms with Crippen LogP contribution in [0, 0.1) is 17.5 Å². The number of hydrogen-bond acceptors (Lipinski definition) is 1. The summed E-state index contributed by atoms with van der Waals surface area (Å²) >= 11 is 0. The second kappa shape index (κ2) is 2.82. The quantitative estimate of drug-likeness (QED) is 0.574. The Morgan fingerprint density at radius 1 is 1.09 bits per heavy atom. The monoisotopic (exact) mass is 162 g/mol. The van der Waals surface area contributed by atoms with Crippen molar-refractivity contribution in [1.82, 2.24) is 0 Å².